The Morgan fingerprint density at radius 3 is 2.87 bits per heavy atom. The summed E-state index contributed by atoms with van der Waals surface area (Å²) in [6.07, 6.45) is 3.28. The van der Waals surface area contributed by atoms with E-state index in [1.54, 1.807) is 12.4 Å². The summed E-state index contributed by atoms with van der Waals surface area (Å²) in [6.45, 7) is 1.71. The fourth-order valence-corrected chi connectivity index (χ4v) is 1.99. The monoisotopic (exact) mass is 215 g/mol. The van der Waals surface area contributed by atoms with Gasteiger partial charge in [0.15, 0.2) is 0 Å². The summed E-state index contributed by atoms with van der Waals surface area (Å²) in [4.78, 5) is 0. The molecule has 0 aromatic carbocycles. The van der Waals surface area contributed by atoms with E-state index in [2.05, 4.69) is 10.4 Å². The molecule has 0 radical (unpaired) electrons. The Kier molecular flexibility index (Phi) is 3.30. The molecule has 84 valence electrons. The van der Waals surface area contributed by atoms with Crippen LogP contribution in [0.4, 0.5) is 8.78 Å². The highest BCUT2D eigenvalue weighted by molar-refractivity contribution is 5.12. The van der Waals surface area contributed by atoms with Crippen LogP contribution in [0, 0.1) is 0 Å². The molecule has 0 atom stereocenters. The van der Waals surface area contributed by atoms with Crippen LogP contribution in [0.1, 0.15) is 24.3 Å². The quantitative estimate of drug-likeness (QED) is 0.830. The second-order valence-corrected chi connectivity index (χ2v) is 3.91. The first-order valence-corrected chi connectivity index (χ1v) is 5.27. The van der Waals surface area contributed by atoms with E-state index in [0.29, 0.717) is 5.92 Å². The number of nitrogens with one attached hydrogen (secondary N) is 1. The molecule has 1 fully saturated rings. The van der Waals surface area contributed by atoms with Gasteiger partial charge in [0.05, 0.1) is 6.20 Å². The number of aromatic nitrogens is 2. The molecule has 0 amide bonds. The van der Waals surface area contributed by atoms with Crippen LogP contribution in [0.2, 0.25) is 0 Å². The Balaban J connectivity index is 1.99. The van der Waals surface area contributed by atoms with Gasteiger partial charge in [-0.1, -0.05) is 0 Å². The van der Waals surface area contributed by atoms with Crippen LogP contribution in [-0.2, 0) is 6.54 Å². The lowest BCUT2D eigenvalue weighted by Crippen LogP contribution is -2.26. The van der Waals surface area contributed by atoms with Gasteiger partial charge in [-0.15, -0.1) is 0 Å². The van der Waals surface area contributed by atoms with Gasteiger partial charge in [0.25, 0.3) is 6.43 Å². The van der Waals surface area contributed by atoms with Gasteiger partial charge in [0.1, 0.15) is 6.54 Å². The van der Waals surface area contributed by atoms with Crippen LogP contribution in [0.25, 0.3) is 0 Å². The predicted octanol–water partition coefficient (Wildman–Crippen LogP) is 1.62. The van der Waals surface area contributed by atoms with Gasteiger partial charge in [-0.05, 0) is 37.4 Å². The zero-order valence-electron chi connectivity index (χ0n) is 8.50. The van der Waals surface area contributed by atoms with E-state index < -0.39 is 6.43 Å². The maximum atomic E-state index is 12.1. The minimum absolute atomic E-state index is 0.301. The average molecular weight is 215 g/mol. The third kappa shape index (κ3) is 2.75. The van der Waals surface area contributed by atoms with Gasteiger partial charge in [-0.3, -0.25) is 4.68 Å². The summed E-state index contributed by atoms with van der Waals surface area (Å²) in [5.74, 6) is 0.484. The Hall–Kier alpha value is -0.970. The second kappa shape index (κ2) is 4.70. The third-order valence-electron chi connectivity index (χ3n) is 2.79. The van der Waals surface area contributed by atoms with Crippen molar-refractivity contribution >= 4 is 0 Å². The first kappa shape index (κ1) is 10.5. The summed E-state index contributed by atoms with van der Waals surface area (Å²) in [7, 11) is 0. The summed E-state index contributed by atoms with van der Waals surface area (Å²) >= 11 is 0. The molecular formula is C10H15F2N3. The van der Waals surface area contributed by atoms with Gasteiger partial charge in [0.2, 0.25) is 0 Å². The molecule has 1 aliphatic rings. The van der Waals surface area contributed by atoms with Gasteiger partial charge in [-0.25, -0.2) is 8.78 Å². The Morgan fingerprint density at radius 1 is 1.47 bits per heavy atom. The van der Waals surface area contributed by atoms with Crippen LogP contribution in [-0.4, -0.2) is 29.3 Å². The summed E-state index contributed by atoms with van der Waals surface area (Å²) < 4.78 is 25.5. The Labute approximate surface area is 87.5 Å². The van der Waals surface area contributed by atoms with Gasteiger partial charge < -0.3 is 5.32 Å². The van der Waals surface area contributed by atoms with E-state index in [4.69, 9.17) is 0 Å². The molecule has 15 heavy (non-hydrogen) atoms. The molecule has 1 aromatic heterocycles. The Bertz CT molecular complexity index is 305. The van der Waals surface area contributed by atoms with E-state index in [0.717, 1.165) is 31.5 Å². The summed E-state index contributed by atoms with van der Waals surface area (Å²) in [5, 5.41) is 7.22. The van der Waals surface area contributed by atoms with Crippen molar-refractivity contribution in [3.8, 4) is 0 Å². The van der Waals surface area contributed by atoms with Crippen LogP contribution >= 0.6 is 0 Å². The molecule has 2 heterocycles. The molecule has 0 aliphatic carbocycles. The van der Waals surface area contributed by atoms with Crippen molar-refractivity contribution in [3.05, 3.63) is 18.0 Å². The van der Waals surface area contributed by atoms with Gasteiger partial charge in [-0.2, -0.15) is 5.10 Å². The number of halogens is 2. The molecule has 1 aromatic rings. The maximum absolute atomic E-state index is 12.1. The normalized spacial score (nSPS) is 18.6. The molecule has 2 rings (SSSR count). The van der Waals surface area contributed by atoms with Crippen molar-refractivity contribution in [2.24, 2.45) is 0 Å². The molecule has 0 saturated carbocycles. The number of piperidine rings is 1. The second-order valence-electron chi connectivity index (χ2n) is 3.91. The molecule has 0 spiro atoms. The largest absolute Gasteiger partial charge is 0.317 e. The SMILES string of the molecule is FC(F)Cn1cc(C2CCNCC2)cn1. The minimum Gasteiger partial charge on any atom is -0.317 e. The van der Waals surface area contributed by atoms with Crippen molar-refractivity contribution in [1.82, 2.24) is 15.1 Å². The van der Waals surface area contributed by atoms with Crippen LogP contribution in [0.5, 0.6) is 0 Å². The number of nitrogens with zero attached hydrogens (tertiary/aromatic N) is 2. The fraction of sp³-hybridized carbons (Fsp3) is 0.700. The molecule has 1 aliphatic heterocycles. The maximum Gasteiger partial charge on any atom is 0.257 e. The highest BCUT2D eigenvalue weighted by Gasteiger charge is 2.17. The number of rotatable bonds is 3. The molecule has 5 heteroatoms. The van der Waals surface area contributed by atoms with Crippen LogP contribution in [0.15, 0.2) is 12.4 Å². The lowest BCUT2D eigenvalue weighted by atomic mass is 9.93. The van der Waals surface area contributed by atoms with Crippen LogP contribution < -0.4 is 5.32 Å². The van der Waals surface area contributed by atoms with Crippen molar-refractivity contribution in [2.75, 3.05) is 13.1 Å². The van der Waals surface area contributed by atoms with E-state index in [1.807, 2.05) is 0 Å². The molecule has 3 nitrogen and oxygen atoms in total. The van der Waals surface area contributed by atoms with E-state index in [1.165, 1.54) is 4.68 Å². The lowest BCUT2D eigenvalue weighted by Gasteiger charge is -2.21. The first-order chi connectivity index (χ1) is 7.25. The smallest absolute Gasteiger partial charge is 0.257 e. The first-order valence-electron chi connectivity index (χ1n) is 5.27. The Morgan fingerprint density at radius 2 is 2.20 bits per heavy atom. The van der Waals surface area contributed by atoms with Crippen molar-refractivity contribution in [1.29, 1.82) is 0 Å². The van der Waals surface area contributed by atoms with E-state index in [-0.39, 0.29) is 6.54 Å². The zero-order chi connectivity index (χ0) is 10.7. The molecule has 0 unspecified atom stereocenters. The minimum atomic E-state index is -2.33. The molecule has 1 saturated heterocycles. The van der Waals surface area contributed by atoms with Gasteiger partial charge in [0, 0.05) is 6.20 Å². The highest BCUT2D eigenvalue weighted by atomic mass is 19.3. The number of alkyl halides is 2. The molecular weight excluding hydrogens is 200 g/mol. The summed E-state index contributed by atoms with van der Waals surface area (Å²) in [6, 6.07) is 0. The van der Waals surface area contributed by atoms with Crippen LogP contribution in [0.3, 0.4) is 0 Å². The predicted molar refractivity (Wildman–Crippen MR) is 53.1 cm³/mol. The highest BCUT2D eigenvalue weighted by Crippen LogP contribution is 2.24. The van der Waals surface area contributed by atoms with E-state index >= 15 is 0 Å². The number of hydrogen-bond donors (Lipinski definition) is 1. The third-order valence-corrected chi connectivity index (χ3v) is 2.79. The van der Waals surface area contributed by atoms with E-state index in [9.17, 15) is 8.78 Å². The van der Waals surface area contributed by atoms with Crippen molar-refractivity contribution in [3.63, 3.8) is 0 Å². The number of hydrogen-bond acceptors (Lipinski definition) is 2. The lowest BCUT2D eigenvalue weighted by molar-refractivity contribution is 0.122. The zero-order valence-corrected chi connectivity index (χ0v) is 8.50. The topological polar surface area (TPSA) is 29.9 Å². The van der Waals surface area contributed by atoms with Crippen molar-refractivity contribution < 1.29 is 8.78 Å². The molecule has 1 N–H and O–H groups in total. The standard InChI is InChI=1S/C10H15F2N3/c11-10(12)7-15-6-9(5-14-15)8-1-3-13-4-2-8/h5-6,8,10,13H,1-4,7H2. The van der Waals surface area contributed by atoms with Gasteiger partial charge >= 0.3 is 0 Å². The molecule has 0 bridgehead atoms. The van der Waals surface area contributed by atoms with Crippen molar-refractivity contribution in [2.45, 2.75) is 31.7 Å². The fourth-order valence-electron chi connectivity index (χ4n) is 1.99. The summed E-state index contributed by atoms with van der Waals surface area (Å²) in [5.41, 5.74) is 1.09. The average Bonchev–Trinajstić information content (AvgIpc) is 2.67.